The maximum absolute atomic E-state index is 10.2. The number of amidine groups is 1. The van der Waals surface area contributed by atoms with Crippen LogP contribution in [0.1, 0.15) is 5.56 Å². The molecule has 0 bridgehead atoms. The van der Waals surface area contributed by atoms with E-state index in [0.29, 0.717) is 18.1 Å². The molecule has 17 heavy (non-hydrogen) atoms. The van der Waals surface area contributed by atoms with Gasteiger partial charge in [0.05, 0.1) is 5.10 Å². The second-order valence-corrected chi connectivity index (χ2v) is 4.20. The number of pyridine rings is 1. The van der Waals surface area contributed by atoms with Crippen LogP contribution < -0.4 is 5.32 Å². The lowest BCUT2D eigenvalue weighted by Crippen LogP contribution is -2.23. The molecule has 0 aliphatic heterocycles. The molecule has 0 aliphatic rings. The van der Waals surface area contributed by atoms with Gasteiger partial charge in [-0.3, -0.25) is 0 Å². The number of nitrogens with one attached hydrogen (secondary N) is 1. The highest BCUT2D eigenvalue weighted by Gasteiger charge is 2.02. The normalized spacial score (nSPS) is 11.3. The predicted molar refractivity (Wildman–Crippen MR) is 68.9 cm³/mol. The number of halogens is 1. The third-order valence-corrected chi connectivity index (χ3v) is 2.68. The van der Waals surface area contributed by atoms with Gasteiger partial charge in [0.2, 0.25) is 5.17 Å². The second kappa shape index (κ2) is 7.08. The monoisotopic (exact) mass is 274 g/mol. The molecule has 1 aromatic rings. The van der Waals surface area contributed by atoms with Crippen LogP contribution in [0.3, 0.4) is 0 Å². The number of rotatable bonds is 4. The topological polar surface area (TPSA) is 80.4 Å². The maximum atomic E-state index is 10.2. The second-order valence-electron chi connectivity index (χ2n) is 3.01. The molecule has 0 aliphatic carbocycles. The van der Waals surface area contributed by atoms with Gasteiger partial charge in [-0.1, -0.05) is 29.4 Å². The molecule has 0 fully saturated rings. The summed E-state index contributed by atoms with van der Waals surface area (Å²) in [6.07, 6.45) is 4.09. The van der Waals surface area contributed by atoms with Crippen molar-refractivity contribution in [3.63, 3.8) is 0 Å². The molecular weight excluding hydrogens is 264 g/mol. The molecule has 92 valence electrons. The molecule has 1 N–H and O–H groups in total. The van der Waals surface area contributed by atoms with E-state index in [0.717, 1.165) is 5.56 Å². The van der Waals surface area contributed by atoms with Crippen molar-refractivity contribution in [2.45, 2.75) is 6.42 Å². The first kappa shape index (κ1) is 13.7. The Morgan fingerprint density at radius 2 is 2.47 bits per heavy atom. The zero-order chi connectivity index (χ0) is 12.7. The molecule has 0 saturated heterocycles. The van der Waals surface area contributed by atoms with Gasteiger partial charge in [0.1, 0.15) is 5.15 Å². The first-order valence-corrected chi connectivity index (χ1v) is 6.33. The molecule has 1 heterocycles. The Labute approximate surface area is 108 Å². The van der Waals surface area contributed by atoms with Gasteiger partial charge in [0.15, 0.2) is 5.03 Å². The summed E-state index contributed by atoms with van der Waals surface area (Å²) in [6.45, 7) is 0.552. The molecule has 0 radical (unpaired) electrons. The minimum absolute atomic E-state index is 0.289. The first-order chi connectivity index (χ1) is 8.11. The minimum atomic E-state index is -0.720. The fourth-order valence-corrected chi connectivity index (χ4v) is 1.60. The highest BCUT2D eigenvalue weighted by molar-refractivity contribution is 8.13. The van der Waals surface area contributed by atoms with E-state index in [1.165, 1.54) is 11.8 Å². The summed E-state index contributed by atoms with van der Waals surface area (Å²) in [5.74, 6) is 0. The molecular formula is C9H11ClN4O2S. The lowest BCUT2D eigenvalue weighted by atomic mass is 10.2. The molecule has 0 unspecified atom stereocenters. The summed E-state index contributed by atoms with van der Waals surface area (Å²) in [5, 5.41) is 16.3. The van der Waals surface area contributed by atoms with Gasteiger partial charge in [0, 0.05) is 12.7 Å². The van der Waals surface area contributed by atoms with Crippen LogP contribution in [0, 0.1) is 10.1 Å². The number of hydrogen-bond acceptors (Lipinski definition) is 4. The largest absolute Gasteiger partial charge is 0.359 e. The van der Waals surface area contributed by atoms with Crippen molar-refractivity contribution in [1.29, 1.82) is 0 Å². The van der Waals surface area contributed by atoms with E-state index < -0.39 is 5.03 Å². The summed E-state index contributed by atoms with van der Waals surface area (Å²) in [7, 11) is 0. The number of nitrogens with zero attached hydrogens (tertiary/aromatic N) is 3. The SMILES string of the molecule is CSC(=N[N+](=O)[O-])NCCc1ccc(Cl)nc1. The Morgan fingerprint density at radius 1 is 1.71 bits per heavy atom. The number of thioether (sulfide) groups is 1. The molecule has 0 aromatic carbocycles. The Morgan fingerprint density at radius 3 is 3.00 bits per heavy atom. The van der Waals surface area contributed by atoms with Crippen LogP contribution in [0.2, 0.25) is 5.15 Å². The zero-order valence-electron chi connectivity index (χ0n) is 9.09. The third kappa shape index (κ3) is 5.50. The van der Waals surface area contributed by atoms with E-state index in [9.17, 15) is 10.1 Å². The van der Waals surface area contributed by atoms with Crippen molar-refractivity contribution in [1.82, 2.24) is 10.3 Å². The molecule has 0 saturated carbocycles. The fraction of sp³-hybridized carbons (Fsp3) is 0.333. The zero-order valence-corrected chi connectivity index (χ0v) is 10.7. The molecule has 1 aromatic heterocycles. The van der Waals surface area contributed by atoms with Crippen molar-refractivity contribution >= 4 is 28.5 Å². The van der Waals surface area contributed by atoms with Gasteiger partial charge < -0.3 is 5.32 Å². The van der Waals surface area contributed by atoms with E-state index in [1.54, 1.807) is 18.5 Å². The van der Waals surface area contributed by atoms with Crippen molar-refractivity contribution in [3.8, 4) is 0 Å². The standard InChI is InChI=1S/C9H11ClN4O2S/c1-17-9(13-14(15)16)11-5-4-7-2-3-8(10)12-6-7/h2-3,6H,4-5H2,1H3,(H,11,13). The van der Waals surface area contributed by atoms with Crippen molar-refractivity contribution in [2.75, 3.05) is 12.8 Å². The highest BCUT2D eigenvalue weighted by atomic mass is 35.5. The molecule has 8 heteroatoms. The first-order valence-electron chi connectivity index (χ1n) is 4.73. The van der Waals surface area contributed by atoms with Crippen LogP contribution in [0.25, 0.3) is 0 Å². The Hall–Kier alpha value is -1.34. The van der Waals surface area contributed by atoms with Gasteiger partial charge in [0.25, 0.3) is 0 Å². The summed E-state index contributed by atoms with van der Waals surface area (Å²) < 4.78 is 0. The van der Waals surface area contributed by atoms with Gasteiger partial charge in [-0.05, 0) is 24.3 Å². The lowest BCUT2D eigenvalue weighted by molar-refractivity contribution is -0.484. The van der Waals surface area contributed by atoms with E-state index in [-0.39, 0.29) is 5.17 Å². The van der Waals surface area contributed by atoms with E-state index in [4.69, 9.17) is 11.6 Å². The number of hydrogen-bond donors (Lipinski definition) is 1. The predicted octanol–water partition coefficient (Wildman–Crippen LogP) is 1.78. The average molecular weight is 275 g/mol. The minimum Gasteiger partial charge on any atom is -0.359 e. The maximum Gasteiger partial charge on any atom is 0.234 e. The molecule has 1 rings (SSSR count). The van der Waals surface area contributed by atoms with Gasteiger partial charge in [-0.15, -0.1) is 0 Å². The Balaban J connectivity index is 2.41. The number of hydrazone groups is 1. The third-order valence-electron chi connectivity index (χ3n) is 1.84. The van der Waals surface area contributed by atoms with E-state index in [1.807, 2.05) is 6.07 Å². The van der Waals surface area contributed by atoms with Crippen molar-refractivity contribution < 1.29 is 5.03 Å². The Bertz CT molecular complexity index is 410. The molecule has 6 nitrogen and oxygen atoms in total. The molecule has 0 amide bonds. The van der Waals surface area contributed by atoms with Crippen molar-refractivity contribution in [2.24, 2.45) is 5.10 Å². The van der Waals surface area contributed by atoms with Gasteiger partial charge in [-0.25, -0.2) is 15.1 Å². The molecule has 0 spiro atoms. The number of nitro groups is 1. The smallest absolute Gasteiger partial charge is 0.234 e. The van der Waals surface area contributed by atoms with Gasteiger partial charge >= 0.3 is 0 Å². The summed E-state index contributed by atoms with van der Waals surface area (Å²) >= 11 is 6.85. The van der Waals surface area contributed by atoms with E-state index >= 15 is 0 Å². The van der Waals surface area contributed by atoms with Crippen LogP contribution in [-0.2, 0) is 6.42 Å². The van der Waals surface area contributed by atoms with Crippen LogP contribution in [-0.4, -0.2) is 28.0 Å². The van der Waals surface area contributed by atoms with Crippen LogP contribution in [0.4, 0.5) is 0 Å². The van der Waals surface area contributed by atoms with Crippen molar-refractivity contribution in [3.05, 3.63) is 39.2 Å². The average Bonchev–Trinajstić information content (AvgIpc) is 2.30. The van der Waals surface area contributed by atoms with Crippen LogP contribution in [0.15, 0.2) is 23.4 Å². The summed E-state index contributed by atoms with van der Waals surface area (Å²) in [5.41, 5.74) is 1.00. The van der Waals surface area contributed by atoms with E-state index in [2.05, 4.69) is 15.4 Å². The number of aromatic nitrogens is 1. The van der Waals surface area contributed by atoms with Crippen LogP contribution >= 0.6 is 23.4 Å². The summed E-state index contributed by atoms with van der Waals surface area (Å²) in [4.78, 5) is 14.1. The fourth-order valence-electron chi connectivity index (χ4n) is 1.09. The van der Waals surface area contributed by atoms with Crippen LogP contribution in [0.5, 0.6) is 0 Å². The summed E-state index contributed by atoms with van der Waals surface area (Å²) in [6, 6.07) is 3.57. The Kier molecular flexibility index (Phi) is 5.71. The quantitative estimate of drug-likeness (QED) is 0.298. The lowest BCUT2D eigenvalue weighted by Gasteiger charge is -2.04. The molecule has 0 atom stereocenters. The van der Waals surface area contributed by atoms with Gasteiger partial charge in [-0.2, -0.15) is 0 Å². The highest BCUT2D eigenvalue weighted by Crippen LogP contribution is 2.05.